The van der Waals surface area contributed by atoms with E-state index in [0.29, 0.717) is 25.3 Å². The normalized spacial score (nSPS) is 10.2. The summed E-state index contributed by atoms with van der Waals surface area (Å²) in [6, 6.07) is 15.6. The van der Waals surface area contributed by atoms with Crippen LogP contribution in [0.1, 0.15) is 36.0 Å². The zero-order chi connectivity index (χ0) is 67.3. The van der Waals surface area contributed by atoms with Crippen LogP contribution in [0.4, 0.5) is 30.7 Å². The van der Waals surface area contributed by atoms with Gasteiger partial charge in [-0.25, -0.2) is 47.9 Å². The molecule has 0 saturated carbocycles. The Kier molecular flexibility index (Phi) is 59.5. The van der Waals surface area contributed by atoms with Gasteiger partial charge >= 0.3 is 12.4 Å². The molecular formula is C44H70BrF7N9O18S5-. The molecule has 486 valence electrons. The van der Waals surface area contributed by atoms with Gasteiger partial charge in [0, 0.05) is 65.2 Å². The second-order valence-electron chi connectivity index (χ2n) is 15.1. The maximum absolute atomic E-state index is 12.1. The second-order valence-corrected chi connectivity index (χ2v) is 22.1. The van der Waals surface area contributed by atoms with Gasteiger partial charge in [-0.1, -0.05) is 27.7 Å². The van der Waals surface area contributed by atoms with Crippen molar-refractivity contribution in [3.8, 4) is 0 Å². The summed E-state index contributed by atoms with van der Waals surface area (Å²) < 4.78 is 148. The van der Waals surface area contributed by atoms with E-state index < -0.39 is 54.6 Å². The van der Waals surface area contributed by atoms with Gasteiger partial charge in [0.15, 0.2) is 59.5 Å². The molecular weight excluding hydrogens is 1320 g/mol. The first-order chi connectivity index (χ1) is 38.3. The number of nitrogens with one attached hydrogen (secondary N) is 1. The fraction of sp³-hybridized carbons (Fsp3) is 0.455. The molecule has 4 heterocycles. The molecule has 27 nitrogen and oxygen atoms in total. The molecule has 4 aromatic heterocycles. The Bertz CT molecular complexity index is 2560. The number of amidine groups is 1. The van der Waals surface area contributed by atoms with Crippen molar-refractivity contribution in [2.45, 2.75) is 50.9 Å². The number of aryl methyl sites for hydroxylation is 7. The third-order valence-electron chi connectivity index (χ3n) is 6.96. The molecule has 4 rings (SSSR count). The topological polar surface area (TPSA) is 463 Å². The molecule has 84 heavy (non-hydrogen) atoms. The summed E-state index contributed by atoms with van der Waals surface area (Å²) in [6.45, 7) is 0.749. The lowest BCUT2D eigenvalue weighted by Gasteiger charge is -2.03. The number of nitrogens with two attached hydrogens (primary N) is 4. The largest absolute Gasteiger partial charge is 0.707 e. The van der Waals surface area contributed by atoms with Crippen LogP contribution in [0.2, 0.25) is 0 Å². The monoisotopic (exact) mass is 1380 g/mol. The number of rotatable bonds is 14. The standard InChI is InChI=1S/C10H16N3S.C9H13BrN.C9H14NO.C6H7FN.2C2HF3O2.C2H7NO.CH4N2S.3CH4O4S/c1-13-6-2-4-9(8-13)5-3-7-14-10(11)12;1-11-7-3-5-9(8-11)4-2-6-10;1-10-6-2-4-9(8-10)5-3-7-11;1-8-4-2-3-6(7)5-8;2*3-2(4,5)1(6)7;3-1-2-4;2-1(3)4;3*1-6(3,4)5-2/h2,4,6,8H,3,5,7H2,1H3,(H3,11,12);3,5,7-8H,2,4,6H2,1H3;2,4,6,8,11H,3,5,7H2,1H3;2-5H,1H3;2*(H,6,7);4H,1-3H2;(H4,2,3,4);3*2H,1H3/q4*+1;;;;;;;/p-5. The van der Waals surface area contributed by atoms with Crippen molar-refractivity contribution < 1.29 is 133 Å². The summed E-state index contributed by atoms with van der Waals surface area (Å²) in [4.78, 5) is 17.6. The van der Waals surface area contributed by atoms with Gasteiger partial charge in [-0.3, -0.25) is 5.41 Å². The fourth-order valence-electron chi connectivity index (χ4n) is 3.96. The van der Waals surface area contributed by atoms with E-state index in [9.17, 15) is 56.0 Å². The van der Waals surface area contributed by atoms with Gasteiger partial charge in [0.05, 0.1) is 25.4 Å². The lowest BCUT2D eigenvalue weighted by Crippen LogP contribution is -2.37. The number of nitrogens with zero attached hydrogens (tertiary/aromatic N) is 4. The molecule has 0 spiro atoms. The van der Waals surface area contributed by atoms with E-state index in [2.05, 4.69) is 113 Å². The maximum atomic E-state index is 12.1. The van der Waals surface area contributed by atoms with E-state index in [0.717, 1.165) is 36.8 Å². The molecule has 0 aliphatic heterocycles. The first-order valence-electron chi connectivity index (χ1n) is 22.4. The lowest BCUT2D eigenvalue weighted by atomic mass is 10.2. The van der Waals surface area contributed by atoms with Crippen LogP contribution in [-0.2, 0) is 100 Å². The van der Waals surface area contributed by atoms with Crippen molar-refractivity contribution in [2.24, 2.45) is 51.1 Å². The van der Waals surface area contributed by atoms with Crippen LogP contribution in [0, 0.1) is 11.2 Å². The Morgan fingerprint density at radius 3 is 1.05 bits per heavy atom. The summed E-state index contributed by atoms with van der Waals surface area (Å²) in [7, 11) is -3.29. The van der Waals surface area contributed by atoms with Crippen LogP contribution in [0.5, 0.6) is 0 Å². The zero-order valence-corrected chi connectivity index (χ0v) is 51.8. The number of thioether (sulfide) groups is 1. The summed E-state index contributed by atoms with van der Waals surface area (Å²) >= 11 is 8.92. The molecule has 0 fully saturated rings. The number of hydrogen-bond acceptors (Lipinski definition) is 22. The van der Waals surface area contributed by atoms with Crippen molar-refractivity contribution in [1.82, 2.24) is 0 Å². The number of aliphatic carboxylic acids is 2. The molecule has 0 aromatic carbocycles. The van der Waals surface area contributed by atoms with Crippen LogP contribution < -0.4 is 67.2 Å². The Morgan fingerprint density at radius 2 is 0.869 bits per heavy atom. The minimum absolute atomic E-state index is 0.000000000000000222. The van der Waals surface area contributed by atoms with Crippen molar-refractivity contribution in [2.75, 3.05) is 49.6 Å². The van der Waals surface area contributed by atoms with Gasteiger partial charge in [-0.15, -0.1) is 0 Å². The minimum atomic E-state index is -5.19. The van der Waals surface area contributed by atoms with E-state index in [1.165, 1.54) is 53.6 Å². The average molecular weight is 1390 g/mol. The van der Waals surface area contributed by atoms with Gasteiger partial charge in [-0.05, 0) is 75.0 Å². The summed E-state index contributed by atoms with van der Waals surface area (Å²) in [6.07, 6.45) is 13.6. The summed E-state index contributed by atoms with van der Waals surface area (Å²) in [5, 5.41) is 68.8. The van der Waals surface area contributed by atoms with Crippen molar-refractivity contribution in [3.63, 3.8) is 0 Å². The number of carbonyl (C=O) groups is 2. The fourth-order valence-corrected chi connectivity index (χ4v) is 4.75. The maximum Gasteiger partial charge on any atom is 0.430 e. The number of carboxylic acid groups (broad SMARTS) is 2. The Morgan fingerprint density at radius 1 is 0.619 bits per heavy atom. The van der Waals surface area contributed by atoms with Crippen LogP contribution in [-0.4, -0.2) is 120 Å². The number of carboxylic acids is 2. The number of carbonyl (C=O) groups excluding carboxylic acids is 2. The minimum Gasteiger partial charge on any atom is -0.707 e. The highest BCUT2D eigenvalue weighted by Crippen LogP contribution is 2.12. The zero-order valence-electron chi connectivity index (χ0n) is 46.1. The van der Waals surface area contributed by atoms with Crippen LogP contribution in [0.25, 0.3) is 0 Å². The van der Waals surface area contributed by atoms with E-state index in [1.54, 1.807) is 23.9 Å². The molecule has 0 saturated heterocycles. The van der Waals surface area contributed by atoms with Crippen molar-refractivity contribution in [1.29, 1.82) is 5.41 Å². The molecule has 0 aliphatic rings. The van der Waals surface area contributed by atoms with E-state index in [1.807, 2.05) is 47.8 Å². The number of alkyl halides is 7. The highest BCUT2D eigenvalue weighted by Gasteiger charge is 2.29. The number of pyridine rings is 4. The number of thiocarbonyl (C=S) groups is 1. The van der Waals surface area contributed by atoms with Gasteiger partial charge in [0.1, 0.15) is 40.1 Å². The van der Waals surface area contributed by atoms with E-state index in [4.69, 9.17) is 62.7 Å². The first-order valence-corrected chi connectivity index (χ1v) is 30.3. The van der Waals surface area contributed by atoms with Crippen LogP contribution in [0.3, 0.4) is 0 Å². The molecule has 0 atom stereocenters. The Labute approximate surface area is 500 Å². The predicted molar refractivity (Wildman–Crippen MR) is 288 cm³/mol. The van der Waals surface area contributed by atoms with E-state index >= 15 is 0 Å². The van der Waals surface area contributed by atoms with Crippen LogP contribution in [0.15, 0.2) is 98.1 Å². The number of aliphatic hydroxyl groups excluding tert-OH is 2. The molecule has 0 bridgehead atoms. The molecule has 40 heteroatoms. The van der Waals surface area contributed by atoms with Gasteiger partial charge in [-0.2, -0.15) is 26.3 Å². The third kappa shape index (κ3) is 85.3. The van der Waals surface area contributed by atoms with E-state index in [-0.39, 0.29) is 29.3 Å². The van der Waals surface area contributed by atoms with Crippen molar-refractivity contribution >= 4 is 92.5 Å². The van der Waals surface area contributed by atoms with Crippen LogP contribution >= 0.6 is 39.9 Å². The summed E-state index contributed by atoms with van der Waals surface area (Å²) in [5.41, 5.74) is 23.3. The molecule has 0 aliphatic carbocycles. The number of hydrogen-bond donors (Lipinski definition) is 7. The third-order valence-corrected chi connectivity index (χ3v) is 9.07. The second kappa shape index (κ2) is 54.2. The first kappa shape index (κ1) is 92.3. The van der Waals surface area contributed by atoms with Crippen molar-refractivity contribution in [3.05, 3.63) is 121 Å². The number of aromatic nitrogens is 4. The Balaban J connectivity index is -0.000000159. The quantitative estimate of drug-likeness (QED) is 0.00719. The number of halogens is 8. The average Bonchev–Trinajstić information content (AvgIpc) is 3.36. The lowest BCUT2D eigenvalue weighted by molar-refractivity contribution is -0.673. The smallest absolute Gasteiger partial charge is 0.430 e. The molecule has 11 N–H and O–H groups in total. The Hall–Kier alpha value is -5.47. The summed E-state index contributed by atoms with van der Waals surface area (Å²) in [5.74, 6) is -5.29. The van der Waals surface area contributed by atoms with Gasteiger partial charge in [0.2, 0.25) is 6.20 Å². The molecule has 0 unspecified atom stereocenters. The van der Waals surface area contributed by atoms with Gasteiger partial charge in [0.25, 0.3) is 30.4 Å². The molecule has 4 aromatic rings. The molecule has 0 amide bonds. The predicted octanol–water partition coefficient (Wildman–Crippen LogP) is -4.57. The SMILES string of the molecule is CS(=O)(=O)O[O-].CS(=O)(=O)O[O-].CS(=O)(=O)O[O-].C[n+]1cccc(CCCBr)c1.C[n+]1cccc(CCCO)c1.C[n+]1cccc(CCCSC(=N)N)c1.C[n+]1cccc(F)c1.NC(N)=S.NCCO.O=C([O-])C(F)(F)F.O=C([O-])C(F)(F)F. The van der Waals surface area contributed by atoms with Gasteiger partial charge < -0.3 is 81.7 Å². The molecule has 0 radical (unpaired) electrons. The number of aliphatic hydroxyl groups is 2. The highest BCUT2D eigenvalue weighted by atomic mass is 79.9. The highest BCUT2D eigenvalue weighted by molar-refractivity contribution is 9.09.